The van der Waals surface area contributed by atoms with Crippen LogP contribution in [0, 0.1) is 6.92 Å². The number of ether oxygens (including phenoxy) is 1. The molecule has 2 atom stereocenters. The first kappa shape index (κ1) is 17.4. The molecule has 1 amide bonds. The van der Waals surface area contributed by atoms with E-state index < -0.39 is 6.10 Å². The molecular weight excluding hydrogens is 338 g/mol. The summed E-state index contributed by atoms with van der Waals surface area (Å²) in [7, 11) is 0. The molecular formula is C18H21N3O3S. The first-order chi connectivity index (χ1) is 12.1. The van der Waals surface area contributed by atoms with E-state index in [1.54, 1.807) is 13.1 Å². The van der Waals surface area contributed by atoms with Gasteiger partial charge in [0.15, 0.2) is 11.2 Å². The highest BCUT2D eigenvalue weighted by atomic mass is 32.1. The molecule has 25 heavy (non-hydrogen) atoms. The zero-order valence-electron chi connectivity index (χ0n) is 14.3. The van der Waals surface area contributed by atoms with Gasteiger partial charge in [0, 0.05) is 23.8 Å². The van der Waals surface area contributed by atoms with Gasteiger partial charge in [0.05, 0.1) is 0 Å². The molecule has 0 saturated carbocycles. The number of esters is 1. The fourth-order valence-electron chi connectivity index (χ4n) is 2.85. The number of thiazole rings is 1. The van der Waals surface area contributed by atoms with Gasteiger partial charge < -0.3 is 15.0 Å². The minimum atomic E-state index is -0.856. The number of amides is 1. The summed E-state index contributed by atoms with van der Waals surface area (Å²) in [5.74, 6) is -0.707. The minimum absolute atomic E-state index is 0.332. The molecule has 1 aromatic carbocycles. The van der Waals surface area contributed by atoms with Crippen LogP contribution in [-0.4, -0.2) is 35.6 Å². The summed E-state index contributed by atoms with van der Waals surface area (Å²) >= 11 is 1.50. The van der Waals surface area contributed by atoms with Gasteiger partial charge >= 0.3 is 5.97 Å². The van der Waals surface area contributed by atoms with E-state index in [1.165, 1.54) is 11.3 Å². The topological polar surface area (TPSA) is 71.5 Å². The highest BCUT2D eigenvalue weighted by Crippen LogP contribution is 2.28. The summed E-state index contributed by atoms with van der Waals surface area (Å²) in [6, 6.07) is 7.12. The Morgan fingerprint density at radius 3 is 2.92 bits per heavy atom. The summed E-state index contributed by atoms with van der Waals surface area (Å²) in [4.78, 5) is 31.1. The maximum atomic E-state index is 12.5. The van der Waals surface area contributed by atoms with Crippen LogP contribution in [0.3, 0.4) is 0 Å². The Hall–Kier alpha value is -2.41. The highest BCUT2D eigenvalue weighted by molar-refractivity contribution is 7.13. The molecule has 2 aromatic rings. The zero-order valence-corrected chi connectivity index (χ0v) is 15.1. The summed E-state index contributed by atoms with van der Waals surface area (Å²) < 4.78 is 5.42. The largest absolute Gasteiger partial charge is 0.451 e. The summed E-state index contributed by atoms with van der Waals surface area (Å²) in [5, 5.41) is 5.50. The second-order valence-corrected chi connectivity index (χ2v) is 6.92. The molecule has 1 saturated heterocycles. The second kappa shape index (κ2) is 7.65. The van der Waals surface area contributed by atoms with Crippen molar-refractivity contribution in [1.82, 2.24) is 4.98 Å². The van der Waals surface area contributed by atoms with Gasteiger partial charge in [-0.15, -0.1) is 11.3 Å². The van der Waals surface area contributed by atoms with Gasteiger partial charge in [0.1, 0.15) is 6.04 Å². The van der Waals surface area contributed by atoms with Gasteiger partial charge in [-0.1, -0.05) is 18.2 Å². The molecule has 0 unspecified atom stereocenters. The van der Waals surface area contributed by atoms with Crippen LogP contribution >= 0.6 is 11.3 Å². The predicted octanol–water partition coefficient (Wildman–Crippen LogP) is 2.99. The smallest absolute Gasteiger partial charge is 0.329 e. The summed E-state index contributed by atoms with van der Waals surface area (Å²) in [6.07, 6.45) is 2.48. The Labute approximate surface area is 150 Å². The fraction of sp³-hybridized carbons (Fsp3) is 0.389. The van der Waals surface area contributed by atoms with E-state index in [2.05, 4.69) is 10.3 Å². The van der Waals surface area contributed by atoms with Gasteiger partial charge in [-0.25, -0.2) is 9.78 Å². The van der Waals surface area contributed by atoms with Gasteiger partial charge in [0.2, 0.25) is 0 Å². The molecule has 1 aliphatic heterocycles. The number of nitrogens with one attached hydrogen (secondary N) is 1. The number of hydrogen-bond acceptors (Lipinski definition) is 6. The third kappa shape index (κ3) is 3.99. The maximum absolute atomic E-state index is 12.5. The molecule has 1 N–H and O–H groups in total. The van der Waals surface area contributed by atoms with Crippen molar-refractivity contribution in [1.29, 1.82) is 0 Å². The van der Waals surface area contributed by atoms with Crippen LogP contribution in [0.4, 0.5) is 10.8 Å². The van der Waals surface area contributed by atoms with Crippen LogP contribution in [-0.2, 0) is 14.3 Å². The molecule has 0 bridgehead atoms. The van der Waals surface area contributed by atoms with Crippen molar-refractivity contribution >= 4 is 34.0 Å². The van der Waals surface area contributed by atoms with Crippen LogP contribution < -0.4 is 10.2 Å². The van der Waals surface area contributed by atoms with Crippen molar-refractivity contribution in [2.24, 2.45) is 0 Å². The lowest BCUT2D eigenvalue weighted by Crippen LogP contribution is -2.40. The van der Waals surface area contributed by atoms with Crippen molar-refractivity contribution in [2.45, 2.75) is 38.8 Å². The first-order valence-electron chi connectivity index (χ1n) is 8.29. The van der Waals surface area contributed by atoms with E-state index in [0.717, 1.165) is 29.3 Å². The number of anilines is 2. The molecule has 1 fully saturated rings. The number of rotatable bonds is 5. The van der Waals surface area contributed by atoms with Crippen molar-refractivity contribution < 1.29 is 14.3 Å². The first-order valence-corrected chi connectivity index (χ1v) is 9.17. The molecule has 2 heterocycles. The number of para-hydroxylation sites is 1. The zero-order chi connectivity index (χ0) is 17.8. The van der Waals surface area contributed by atoms with Gasteiger partial charge in [-0.3, -0.25) is 4.79 Å². The SMILES string of the molecule is Cc1ccccc1NC(=O)[C@H](C)OC(=O)[C@@H]1CCCN1c1nccs1. The third-order valence-corrected chi connectivity index (χ3v) is 5.06. The Kier molecular flexibility index (Phi) is 5.33. The lowest BCUT2D eigenvalue weighted by atomic mass is 10.2. The third-order valence-electron chi connectivity index (χ3n) is 4.25. The average molecular weight is 359 g/mol. The van der Waals surface area contributed by atoms with Crippen molar-refractivity contribution in [3.05, 3.63) is 41.4 Å². The van der Waals surface area contributed by atoms with Crippen LogP contribution in [0.5, 0.6) is 0 Å². The lowest BCUT2D eigenvalue weighted by molar-refractivity contribution is -0.154. The van der Waals surface area contributed by atoms with Crippen LogP contribution in [0.1, 0.15) is 25.3 Å². The van der Waals surface area contributed by atoms with Crippen LogP contribution in [0.15, 0.2) is 35.8 Å². The molecule has 0 aliphatic carbocycles. The van der Waals surface area contributed by atoms with Crippen molar-refractivity contribution in [3.8, 4) is 0 Å². The number of carbonyl (C=O) groups excluding carboxylic acids is 2. The number of nitrogens with zero attached hydrogens (tertiary/aromatic N) is 2. The van der Waals surface area contributed by atoms with Crippen molar-refractivity contribution in [3.63, 3.8) is 0 Å². The molecule has 132 valence electrons. The van der Waals surface area contributed by atoms with E-state index in [0.29, 0.717) is 6.42 Å². The molecule has 6 nitrogen and oxygen atoms in total. The van der Waals surface area contributed by atoms with E-state index in [4.69, 9.17) is 4.74 Å². The average Bonchev–Trinajstić information content (AvgIpc) is 3.27. The fourth-order valence-corrected chi connectivity index (χ4v) is 3.57. The predicted molar refractivity (Wildman–Crippen MR) is 97.8 cm³/mol. The lowest BCUT2D eigenvalue weighted by Gasteiger charge is -2.24. The van der Waals surface area contributed by atoms with E-state index in [-0.39, 0.29) is 17.9 Å². The molecule has 3 rings (SSSR count). The quantitative estimate of drug-likeness (QED) is 0.831. The Morgan fingerprint density at radius 1 is 1.40 bits per heavy atom. The van der Waals surface area contributed by atoms with Gasteiger partial charge in [-0.2, -0.15) is 0 Å². The maximum Gasteiger partial charge on any atom is 0.329 e. The summed E-state index contributed by atoms with van der Waals surface area (Å²) in [5.41, 5.74) is 1.68. The Morgan fingerprint density at radius 2 is 2.20 bits per heavy atom. The monoisotopic (exact) mass is 359 g/mol. The van der Waals surface area contributed by atoms with E-state index >= 15 is 0 Å². The van der Waals surface area contributed by atoms with Crippen LogP contribution in [0.2, 0.25) is 0 Å². The molecule has 1 aromatic heterocycles. The highest BCUT2D eigenvalue weighted by Gasteiger charge is 2.35. The number of carbonyl (C=O) groups is 2. The van der Waals surface area contributed by atoms with E-state index in [1.807, 2.05) is 41.5 Å². The Balaban J connectivity index is 1.60. The van der Waals surface area contributed by atoms with E-state index in [9.17, 15) is 9.59 Å². The second-order valence-electron chi connectivity index (χ2n) is 6.05. The van der Waals surface area contributed by atoms with Crippen molar-refractivity contribution in [2.75, 3.05) is 16.8 Å². The molecule has 0 radical (unpaired) electrons. The van der Waals surface area contributed by atoms with Gasteiger partial charge in [-0.05, 0) is 38.3 Å². The normalized spacial score (nSPS) is 18.0. The standard InChI is InChI=1S/C18H21N3O3S/c1-12-6-3-4-7-14(12)20-16(22)13(2)24-17(23)15-8-5-10-21(15)18-19-9-11-25-18/h3-4,6-7,9,11,13,15H,5,8,10H2,1-2H3,(H,20,22)/t13-,15-/m0/s1. The minimum Gasteiger partial charge on any atom is -0.451 e. The molecule has 7 heteroatoms. The number of aromatic nitrogens is 1. The molecule has 0 spiro atoms. The van der Waals surface area contributed by atoms with Gasteiger partial charge in [0.25, 0.3) is 5.91 Å². The number of hydrogen-bond donors (Lipinski definition) is 1. The number of benzene rings is 1. The summed E-state index contributed by atoms with van der Waals surface area (Å²) in [6.45, 7) is 4.28. The number of aryl methyl sites for hydroxylation is 1. The van der Waals surface area contributed by atoms with Crippen LogP contribution in [0.25, 0.3) is 0 Å². The molecule has 1 aliphatic rings. The Bertz CT molecular complexity index is 748.